The number of benzene rings is 10. The maximum absolute atomic E-state index is 2.38. The molecule has 10 aromatic carbocycles. The first kappa shape index (κ1) is 36.8. The molecule has 0 aliphatic heterocycles. The molecule has 1 heterocycles. The molecule has 2 nitrogen and oxygen atoms in total. The number of anilines is 3. The van der Waals surface area contributed by atoms with Crippen molar-refractivity contribution in [2.75, 3.05) is 4.90 Å². The largest absolute Gasteiger partial charge is 0.311 e. The van der Waals surface area contributed by atoms with Gasteiger partial charge < -0.3 is 9.47 Å². The summed E-state index contributed by atoms with van der Waals surface area (Å²) in [5, 5.41) is 2.51. The van der Waals surface area contributed by atoms with E-state index in [1.165, 1.54) is 77.4 Å². The summed E-state index contributed by atoms with van der Waals surface area (Å²) >= 11 is 0. The van der Waals surface area contributed by atoms with Crippen molar-refractivity contribution in [3.63, 3.8) is 0 Å². The van der Waals surface area contributed by atoms with Crippen LogP contribution in [-0.4, -0.2) is 4.57 Å². The van der Waals surface area contributed by atoms with E-state index in [4.69, 9.17) is 0 Å². The Balaban J connectivity index is 0.991. The van der Waals surface area contributed by atoms with Crippen molar-refractivity contribution >= 4 is 38.9 Å². The second-order valence-corrected chi connectivity index (χ2v) is 15.7. The average molecular weight is 791 g/mol. The minimum atomic E-state index is 1.09. The number of aromatic nitrogens is 1. The van der Waals surface area contributed by atoms with E-state index in [1.807, 2.05) is 0 Å². The fourth-order valence-electron chi connectivity index (χ4n) is 9.04. The third kappa shape index (κ3) is 6.84. The molecule has 0 amide bonds. The highest BCUT2D eigenvalue weighted by Gasteiger charge is 2.18. The molecule has 0 saturated carbocycles. The van der Waals surface area contributed by atoms with Gasteiger partial charge in [-0.15, -0.1) is 0 Å². The van der Waals surface area contributed by atoms with Gasteiger partial charge in [0.1, 0.15) is 0 Å². The topological polar surface area (TPSA) is 8.17 Å². The zero-order chi connectivity index (χ0) is 41.2. The van der Waals surface area contributed by atoms with Crippen molar-refractivity contribution in [1.29, 1.82) is 0 Å². The van der Waals surface area contributed by atoms with Crippen LogP contribution >= 0.6 is 0 Å². The van der Waals surface area contributed by atoms with Crippen LogP contribution in [0.4, 0.5) is 17.1 Å². The normalized spacial score (nSPS) is 11.2. The van der Waals surface area contributed by atoms with Gasteiger partial charge in [0, 0.05) is 33.5 Å². The first-order valence-electron chi connectivity index (χ1n) is 21.3. The highest BCUT2D eigenvalue weighted by Crippen LogP contribution is 2.42. The highest BCUT2D eigenvalue weighted by molar-refractivity contribution is 6.15. The molecule has 0 saturated heterocycles. The molecule has 0 unspecified atom stereocenters. The van der Waals surface area contributed by atoms with E-state index in [1.54, 1.807) is 0 Å². The summed E-state index contributed by atoms with van der Waals surface area (Å²) in [7, 11) is 0. The lowest BCUT2D eigenvalue weighted by Crippen LogP contribution is -2.09. The number of rotatable bonds is 9. The molecule has 292 valence electrons. The monoisotopic (exact) mass is 790 g/mol. The Morgan fingerprint density at radius 1 is 0.258 bits per heavy atom. The van der Waals surface area contributed by atoms with Gasteiger partial charge in [-0.3, -0.25) is 0 Å². The Morgan fingerprint density at radius 3 is 1.27 bits per heavy atom. The quantitative estimate of drug-likeness (QED) is 0.141. The Bertz CT molecular complexity index is 3280. The smallest absolute Gasteiger partial charge is 0.0547 e. The fourth-order valence-corrected chi connectivity index (χ4v) is 9.04. The minimum absolute atomic E-state index is 1.09. The van der Waals surface area contributed by atoms with Crippen LogP contribution in [0.15, 0.2) is 255 Å². The van der Waals surface area contributed by atoms with Crippen molar-refractivity contribution < 1.29 is 0 Å². The predicted octanol–water partition coefficient (Wildman–Crippen LogP) is 16.6. The van der Waals surface area contributed by atoms with Gasteiger partial charge >= 0.3 is 0 Å². The van der Waals surface area contributed by atoms with E-state index in [0.717, 1.165) is 22.7 Å². The van der Waals surface area contributed by atoms with E-state index < -0.39 is 0 Å². The Hall–Kier alpha value is -8.20. The predicted molar refractivity (Wildman–Crippen MR) is 263 cm³/mol. The third-order valence-corrected chi connectivity index (χ3v) is 12.0. The molecule has 11 aromatic rings. The molecule has 11 rings (SSSR count). The average Bonchev–Trinajstić information content (AvgIpc) is 3.70. The van der Waals surface area contributed by atoms with Crippen LogP contribution in [0, 0.1) is 0 Å². The van der Waals surface area contributed by atoms with Crippen LogP contribution in [0.3, 0.4) is 0 Å². The van der Waals surface area contributed by atoms with Crippen molar-refractivity contribution in [3.05, 3.63) is 255 Å². The molecule has 0 fully saturated rings. The van der Waals surface area contributed by atoms with Gasteiger partial charge in [0.2, 0.25) is 0 Å². The maximum atomic E-state index is 2.38. The second-order valence-electron chi connectivity index (χ2n) is 15.7. The molecule has 0 spiro atoms. The van der Waals surface area contributed by atoms with Crippen LogP contribution in [0.25, 0.3) is 83.1 Å². The molecule has 1 aromatic heterocycles. The summed E-state index contributed by atoms with van der Waals surface area (Å²) in [5.41, 5.74) is 18.8. The first-order valence-corrected chi connectivity index (χ1v) is 21.3. The summed E-state index contributed by atoms with van der Waals surface area (Å²) in [6.07, 6.45) is 0. The van der Waals surface area contributed by atoms with E-state index >= 15 is 0 Å². The second kappa shape index (κ2) is 16.1. The molecule has 62 heavy (non-hydrogen) atoms. The van der Waals surface area contributed by atoms with Crippen LogP contribution in [0.1, 0.15) is 0 Å². The summed E-state index contributed by atoms with van der Waals surface area (Å²) in [5.74, 6) is 0. The van der Waals surface area contributed by atoms with Gasteiger partial charge in [0.25, 0.3) is 0 Å². The molecular formula is C60H42N2. The fraction of sp³-hybridized carbons (Fsp3) is 0. The Kier molecular flexibility index (Phi) is 9.57. The first-order chi connectivity index (χ1) is 30.8. The van der Waals surface area contributed by atoms with Crippen molar-refractivity contribution in [1.82, 2.24) is 4.57 Å². The van der Waals surface area contributed by atoms with Crippen LogP contribution in [0.5, 0.6) is 0 Å². The number of nitrogens with zero attached hydrogens (tertiary/aromatic N) is 2. The summed E-state index contributed by atoms with van der Waals surface area (Å²) in [4.78, 5) is 2.36. The maximum Gasteiger partial charge on any atom is 0.0547 e. The third-order valence-electron chi connectivity index (χ3n) is 12.0. The molecule has 0 N–H and O–H groups in total. The van der Waals surface area contributed by atoms with Crippen LogP contribution in [-0.2, 0) is 0 Å². The minimum Gasteiger partial charge on any atom is -0.311 e. The summed E-state index contributed by atoms with van der Waals surface area (Å²) in [6, 6.07) is 91.9. The van der Waals surface area contributed by atoms with Gasteiger partial charge in [-0.2, -0.15) is 0 Å². The molecule has 0 atom stereocenters. The highest BCUT2D eigenvalue weighted by atomic mass is 15.1. The van der Waals surface area contributed by atoms with Crippen molar-refractivity contribution in [2.45, 2.75) is 0 Å². The molecule has 0 aliphatic carbocycles. The van der Waals surface area contributed by atoms with Gasteiger partial charge in [-0.1, -0.05) is 188 Å². The van der Waals surface area contributed by atoms with Crippen LogP contribution < -0.4 is 4.90 Å². The van der Waals surface area contributed by atoms with Crippen molar-refractivity contribution in [3.8, 4) is 61.3 Å². The number of para-hydroxylation sites is 2. The van der Waals surface area contributed by atoms with Crippen molar-refractivity contribution in [2.24, 2.45) is 0 Å². The van der Waals surface area contributed by atoms with Gasteiger partial charge in [-0.25, -0.2) is 0 Å². The lowest BCUT2D eigenvalue weighted by molar-refractivity contribution is 1.18. The van der Waals surface area contributed by atoms with Gasteiger partial charge in [0.15, 0.2) is 0 Å². The Labute approximate surface area is 362 Å². The lowest BCUT2D eigenvalue weighted by Gasteiger charge is -2.26. The molecule has 0 bridgehead atoms. The molecular weight excluding hydrogens is 749 g/mol. The SMILES string of the molecule is c1ccc(-c2ccc(N(c3ccc(-c4ccc(-c5ccccc5)c(-c5ccccc5)c4)cc3)c3ccc(-c4cccc5c4c4ccccc4n5-c4ccccc4)cc3)cc2)cc1. The zero-order valence-corrected chi connectivity index (χ0v) is 34.1. The van der Waals surface area contributed by atoms with Gasteiger partial charge in [0.05, 0.1) is 11.0 Å². The zero-order valence-electron chi connectivity index (χ0n) is 34.1. The standard InChI is InChI=1S/C60H42N2/c1-5-16-43(17-6-1)44-28-35-51(36-29-44)61(52-37-30-45(31-38-52)49-34-41-54(46-18-7-2-8-19-46)57(42-49)47-20-9-3-10-21-47)53-39-32-48(33-40-53)55-25-15-27-59-60(55)56-24-13-14-26-58(56)62(59)50-22-11-4-12-23-50/h1-42H. The van der Waals surface area contributed by atoms with Crippen LogP contribution in [0.2, 0.25) is 0 Å². The van der Waals surface area contributed by atoms with E-state index in [0.29, 0.717) is 0 Å². The molecule has 2 heteroatoms. The van der Waals surface area contributed by atoms with Gasteiger partial charge in [-0.05, 0) is 122 Å². The Morgan fingerprint density at radius 2 is 0.677 bits per heavy atom. The summed E-state index contributed by atoms with van der Waals surface area (Å²) < 4.78 is 2.38. The number of hydrogen-bond acceptors (Lipinski definition) is 1. The molecule has 0 aliphatic rings. The number of fused-ring (bicyclic) bond motifs is 3. The van der Waals surface area contributed by atoms with E-state index in [-0.39, 0.29) is 0 Å². The van der Waals surface area contributed by atoms with E-state index in [2.05, 4.69) is 264 Å². The number of hydrogen-bond donors (Lipinski definition) is 0. The summed E-state index contributed by atoms with van der Waals surface area (Å²) in [6.45, 7) is 0. The van der Waals surface area contributed by atoms with E-state index in [9.17, 15) is 0 Å². The lowest BCUT2D eigenvalue weighted by atomic mass is 9.91. The molecule has 0 radical (unpaired) electrons.